The van der Waals surface area contributed by atoms with Crippen molar-refractivity contribution in [2.75, 3.05) is 6.61 Å². The van der Waals surface area contributed by atoms with Gasteiger partial charge in [0.05, 0.1) is 18.3 Å². The minimum Gasteiger partial charge on any atom is -0.460 e. The number of esters is 1. The van der Waals surface area contributed by atoms with Crippen LogP contribution in [0.25, 0.3) is 10.9 Å². The summed E-state index contributed by atoms with van der Waals surface area (Å²) in [4.78, 5) is 23.3. The van der Waals surface area contributed by atoms with Crippen LogP contribution in [-0.2, 0) is 16.6 Å². The Morgan fingerprint density at radius 2 is 2.11 bits per heavy atom. The number of nitrogens with zero attached hydrogens (tertiary/aromatic N) is 2. The molecule has 1 aromatic heterocycles. The molecule has 0 saturated heterocycles. The first-order valence-corrected chi connectivity index (χ1v) is 5.69. The van der Waals surface area contributed by atoms with E-state index in [9.17, 15) is 9.59 Å². The van der Waals surface area contributed by atoms with Gasteiger partial charge in [0.2, 0.25) is 0 Å². The van der Waals surface area contributed by atoms with Gasteiger partial charge in [-0.1, -0.05) is 0 Å². The predicted octanol–water partition coefficient (Wildman–Crippen LogP) is 1.63. The second kappa shape index (κ2) is 4.60. The summed E-state index contributed by atoms with van der Waals surface area (Å²) < 4.78 is 6.44. The number of hydrogen-bond donors (Lipinski definition) is 0. The maximum absolute atomic E-state index is 11.9. The summed E-state index contributed by atoms with van der Waals surface area (Å²) in [6, 6.07) is 3.42. The Balaban J connectivity index is 2.49. The molecule has 0 amide bonds. The predicted molar refractivity (Wildman–Crippen MR) is 66.4 cm³/mol. The van der Waals surface area contributed by atoms with E-state index < -0.39 is 11.8 Å². The van der Waals surface area contributed by atoms with Gasteiger partial charge in [-0.2, -0.15) is 5.10 Å². The van der Waals surface area contributed by atoms with Crippen molar-refractivity contribution in [3.05, 3.63) is 29.5 Å². The second-order valence-corrected chi connectivity index (χ2v) is 3.99. The van der Waals surface area contributed by atoms with Gasteiger partial charge in [-0.05, 0) is 31.5 Å². The van der Waals surface area contributed by atoms with Crippen LogP contribution in [0.4, 0.5) is 0 Å². The van der Waals surface area contributed by atoms with Gasteiger partial charge in [-0.15, -0.1) is 0 Å². The number of aryl methyl sites for hydroxylation is 2. The average molecular weight is 246 g/mol. The third-order valence-corrected chi connectivity index (χ3v) is 2.91. The summed E-state index contributed by atoms with van der Waals surface area (Å²) in [5.41, 5.74) is 2.04. The van der Waals surface area contributed by atoms with Crippen molar-refractivity contribution in [1.29, 1.82) is 0 Å². The van der Waals surface area contributed by atoms with E-state index in [1.54, 1.807) is 36.9 Å². The van der Waals surface area contributed by atoms with Gasteiger partial charge in [0.1, 0.15) is 0 Å². The lowest BCUT2D eigenvalue weighted by Gasteiger charge is -2.05. The second-order valence-electron chi connectivity index (χ2n) is 3.99. The zero-order valence-corrected chi connectivity index (χ0v) is 10.6. The molecule has 0 N–H and O–H groups in total. The molecule has 0 fully saturated rings. The average Bonchev–Trinajstić information content (AvgIpc) is 2.72. The summed E-state index contributed by atoms with van der Waals surface area (Å²) >= 11 is 0. The summed E-state index contributed by atoms with van der Waals surface area (Å²) in [6.07, 6.45) is 1.69. The molecule has 0 bridgehead atoms. The lowest BCUT2D eigenvalue weighted by molar-refractivity contribution is -0.137. The number of ketones is 1. The fourth-order valence-corrected chi connectivity index (χ4v) is 1.92. The van der Waals surface area contributed by atoms with Crippen molar-refractivity contribution < 1.29 is 14.3 Å². The molecule has 2 rings (SSSR count). The number of rotatable bonds is 3. The number of carbonyl (C=O) groups excluding carboxylic acids is 2. The molecule has 94 valence electrons. The van der Waals surface area contributed by atoms with Crippen LogP contribution in [0, 0.1) is 6.92 Å². The zero-order chi connectivity index (χ0) is 13.3. The van der Waals surface area contributed by atoms with Crippen LogP contribution in [0.1, 0.15) is 22.8 Å². The first kappa shape index (κ1) is 12.3. The molecule has 0 saturated carbocycles. The summed E-state index contributed by atoms with van der Waals surface area (Å²) in [7, 11) is 1.83. The van der Waals surface area contributed by atoms with Gasteiger partial charge >= 0.3 is 5.97 Å². The zero-order valence-electron chi connectivity index (χ0n) is 10.6. The van der Waals surface area contributed by atoms with E-state index in [-0.39, 0.29) is 6.61 Å². The lowest BCUT2D eigenvalue weighted by atomic mass is 10.0. The molecule has 0 aliphatic heterocycles. The van der Waals surface area contributed by atoms with Gasteiger partial charge in [-0.3, -0.25) is 9.48 Å². The number of benzene rings is 1. The molecular formula is C13H14N2O3. The molecule has 0 unspecified atom stereocenters. The number of Topliss-reactive ketones (excluding diaryl/α,β-unsaturated/α-hetero) is 1. The Morgan fingerprint density at radius 3 is 2.78 bits per heavy atom. The van der Waals surface area contributed by atoms with E-state index in [1.807, 2.05) is 7.05 Å². The van der Waals surface area contributed by atoms with Crippen LogP contribution in [0.3, 0.4) is 0 Å². The van der Waals surface area contributed by atoms with Gasteiger partial charge < -0.3 is 4.74 Å². The Hall–Kier alpha value is -2.17. The number of carbonyl (C=O) groups is 2. The van der Waals surface area contributed by atoms with E-state index in [0.29, 0.717) is 5.56 Å². The molecule has 0 radical (unpaired) electrons. The molecule has 1 heterocycles. The maximum Gasteiger partial charge on any atom is 0.379 e. The van der Waals surface area contributed by atoms with E-state index in [4.69, 9.17) is 4.74 Å². The Bertz CT molecular complexity index is 628. The number of fused-ring (bicyclic) bond motifs is 1. The fraction of sp³-hybridized carbons (Fsp3) is 0.308. The highest BCUT2D eigenvalue weighted by Gasteiger charge is 2.21. The van der Waals surface area contributed by atoms with Crippen molar-refractivity contribution >= 4 is 22.7 Å². The Labute approximate surface area is 104 Å². The number of aromatic nitrogens is 2. The quantitative estimate of drug-likeness (QED) is 0.469. The number of hydrogen-bond acceptors (Lipinski definition) is 4. The maximum atomic E-state index is 11.9. The molecule has 1 aromatic carbocycles. The molecular weight excluding hydrogens is 232 g/mol. The third-order valence-electron chi connectivity index (χ3n) is 2.91. The highest BCUT2D eigenvalue weighted by atomic mass is 16.5. The van der Waals surface area contributed by atoms with Crippen molar-refractivity contribution in [1.82, 2.24) is 9.78 Å². The summed E-state index contributed by atoms with van der Waals surface area (Å²) in [5.74, 6) is -1.43. The van der Waals surface area contributed by atoms with Crippen LogP contribution in [0.5, 0.6) is 0 Å². The molecule has 5 nitrogen and oxygen atoms in total. The molecule has 5 heteroatoms. The van der Waals surface area contributed by atoms with Gasteiger partial charge in [0.25, 0.3) is 5.78 Å². The fourth-order valence-electron chi connectivity index (χ4n) is 1.92. The lowest BCUT2D eigenvalue weighted by Crippen LogP contribution is -2.18. The minimum atomic E-state index is -0.816. The van der Waals surface area contributed by atoms with Crippen molar-refractivity contribution in [3.63, 3.8) is 0 Å². The summed E-state index contributed by atoms with van der Waals surface area (Å²) in [6.45, 7) is 3.66. The van der Waals surface area contributed by atoms with Crippen LogP contribution >= 0.6 is 0 Å². The largest absolute Gasteiger partial charge is 0.460 e. The van der Waals surface area contributed by atoms with Gasteiger partial charge in [0.15, 0.2) is 0 Å². The molecule has 0 aliphatic rings. The van der Waals surface area contributed by atoms with Crippen molar-refractivity contribution in [2.45, 2.75) is 13.8 Å². The molecule has 2 aromatic rings. The smallest absolute Gasteiger partial charge is 0.379 e. The minimum absolute atomic E-state index is 0.193. The van der Waals surface area contributed by atoms with Crippen LogP contribution < -0.4 is 0 Å². The van der Waals surface area contributed by atoms with Crippen LogP contribution in [0.15, 0.2) is 18.3 Å². The van der Waals surface area contributed by atoms with Crippen LogP contribution in [-0.4, -0.2) is 28.1 Å². The van der Waals surface area contributed by atoms with E-state index >= 15 is 0 Å². The van der Waals surface area contributed by atoms with Crippen molar-refractivity contribution in [3.8, 4) is 0 Å². The third kappa shape index (κ3) is 1.88. The summed E-state index contributed by atoms with van der Waals surface area (Å²) in [5, 5.41) is 5.00. The SMILES string of the molecule is CCOC(=O)C(=O)c1ccc2c(cnn2C)c1C. The topological polar surface area (TPSA) is 61.2 Å². The van der Waals surface area contributed by atoms with Gasteiger partial charge in [0, 0.05) is 18.0 Å². The van der Waals surface area contributed by atoms with E-state index in [0.717, 1.165) is 16.5 Å². The highest BCUT2D eigenvalue weighted by Crippen LogP contribution is 2.21. The van der Waals surface area contributed by atoms with E-state index in [1.165, 1.54) is 0 Å². The normalized spacial score (nSPS) is 10.6. The Kier molecular flexibility index (Phi) is 3.14. The molecule has 18 heavy (non-hydrogen) atoms. The van der Waals surface area contributed by atoms with Crippen molar-refractivity contribution in [2.24, 2.45) is 7.05 Å². The van der Waals surface area contributed by atoms with E-state index in [2.05, 4.69) is 5.10 Å². The molecule has 0 atom stereocenters. The van der Waals surface area contributed by atoms with Crippen LogP contribution in [0.2, 0.25) is 0 Å². The van der Waals surface area contributed by atoms with Gasteiger partial charge in [-0.25, -0.2) is 4.79 Å². The first-order chi connectivity index (χ1) is 8.56. The Morgan fingerprint density at radius 1 is 1.39 bits per heavy atom. The molecule has 0 aliphatic carbocycles. The monoisotopic (exact) mass is 246 g/mol. The highest BCUT2D eigenvalue weighted by molar-refractivity contribution is 6.41. The standard InChI is InChI=1S/C13H14N2O3/c1-4-18-13(17)12(16)9-5-6-11-10(8(9)2)7-14-15(11)3/h5-7H,4H2,1-3H3. The molecule has 0 spiro atoms. The first-order valence-electron chi connectivity index (χ1n) is 5.69. The number of ether oxygens (including phenoxy) is 1.